The number of halogens is 3. The number of carbonyl (C=O) groups excluding carboxylic acids is 2. The van der Waals surface area contributed by atoms with E-state index in [1.165, 1.54) is 5.38 Å². The highest BCUT2D eigenvalue weighted by Crippen LogP contribution is 2.18. The van der Waals surface area contributed by atoms with Crippen LogP contribution >= 0.6 is 11.3 Å². The monoisotopic (exact) mass is 296 g/mol. The van der Waals surface area contributed by atoms with Crippen LogP contribution in [0, 0.1) is 0 Å². The second-order valence-corrected chi connectivity index (χ2v) is 4.24. The van der Waals surface area contributed by atoms with Gasteiger partial charge in [-0.05, 0) is 6.92 Å². The fourth-order valence-corrected chi connectivity index (χ4v) is 1.76. The lowest BCUT2D eigenvalue weighted by Gasteiger charge is -2.06. The molecule has 0 aromatic carbocycles. The number of esters is 1. The molecule has 0 atom stereocenters. The Kier molecular flexibility index (Phi) is 5.28. The molecule has 19 heavy (non-hydrogen) atoms. The van der Waals surface area contributed by atoms with Crippen molar-refractivity contribution in [3.8, 4) is 0 Å². The van der Waals surface area contributed by atoms with Crippen LogP contribution in [0.15, 0.2) is 5.38 Å². The number of amides is 1. The highest BCUT2D eigenvalue weighted by molar-refractivity contribution is 7.11. The maximum atomic E-state index is 11.9. The van der Waals surface area contributed by atoms with E-state index in [9.17, 15) is 22.8 Å². The lowest BCUT2D eigenvalue weighted by Crippen LogP contribution is -2.28. The average molecular weight is 296 g/mol. The number of alkyl halides is 3. The van der Waals surface area contributed by atoms with Gasteiger partial charge >= 0.3 is 12.1 Å². The Morgan fingerprint density at radius 2 is 2.16 bits per heavy atom. The number of hydrogen-bond acceptors (Lipinski definition) is 5. The molecule has 0 bridgehead atoms. The van der Waals surface area contributed by atoms with Crippen molar-refractivity contribution in [1.29, 1.82) is 0 Å². The van der Waals surface area contributed by atoms with Crippen molar-refractivity contribution in [1.82, 2.24) is 10.3 Å². The van der Waals surface area contributed by atoms with Crippen molar-refractivity contribution in [2.45, 2.75) is 19.5 Å². The predicted octanol–water partition coefficient (Wildman–Crippen LogP) is 2.00. The van der Waals surface area contributed by atoms with E-state index >= 15 is 0 Å². The standard InChI is InChI=1S/C10H11F3N2O3S/c1-2-18-9(17)8-15-6(5-19-8)7(16)14-4-3-10(11,12)13/h5H,2-4H2,1H3,(H,14,16). The van der Waals surface area contributed by atoms with E-state index in [2.05, 4.69) is 15.0 Å². The van der Waals surface area contributed by atoms with Crippen LogP contribution in [0.5, 0.6) is 0 Å². The Morgan fingerprint density at radius 3 is 2.74 bits per heavy atom. The van der Waals surface area contributed by atoms with Crippen LogP contribution in [0.2, 0.25) is 0 Å². The zero-order valence-electron chi connectivity index (χ0n) is 9.91. The SMILES string of the molecule is CCOC(=O)c1nc(C(=O)NCCC(F)(F)F)cs1. The van der Waals surface area contributed by atoms with Crippen molar-refractivity contribution in [3.63, 3.8) is 0 Å². The van der Waals surface area contributed by atoms with Crippen LogP contribution in [0.25, 0.3) is 0 Å². The van der Waals surface area contributed by atoms with Gasteiger partial charge in [0.2, 0.25) is 5.01 Å². The van der Waals surface area contributed by atoms with E-state index < -0.39 is 31.0 Å². The normalized spacial score (nSPS) is 11.2. The van der Waals surface area contributed by atoms with E-state index in [0.29, 0.717) is 0 Å². The molecule has 9 heteroatoms. The molecule has 1 N–H and O–H groups in total. The number of aromatic nitrogens is 1. The number of nitrogens with zero attached hydrogens (tertiary/aromatic N) is 1. The summed E-state index contributed by atoms with van der Waals surface area (Å²) in [4.78, 5) is 26.4. The Bertz CT molecular complexity index is 459. The molecule has 0 unspecified atom stereocenters. The molecule has 0 radical (unpaired) electrons. The molecule has 106 valence electrons. The zero-order chi connectivity index (χ0) is 14.5. The van der Waals surface area contributed by atoms with Gasteiger partial charge in [0.1, 0.15) is 5.69 Å². The summed E-state index contributed by atoms with van der Waals surface area (Å²) in [6, 6.07) is 0. The summed E-state index contributed by atoms with van der Waals surface area (Å²) in [5.41, 5.74) is -0.102. The molecule has 1 amide bonds. The molecule has 5 nitrogen and oxygen atoms in total. The van der Waals surface area contributed by atoms with Gasteiger partial charge in [0.25, 0.3) is 5.91 Å². The van der Waals surface area contributed by atoms with Crippen LogP contribution < -0.4 is 5.32 Å². The molecular weight excluding hydrogens is 285 g/mol. The van der Waals surface area contributed by atoms with Crippen molar-refractivity contribution in [3.05, 3.63) is 16.1 Å². The summed E-state index contributed by atoms with van der Waals surface area (Å²) < 4.78 is 40.3. The van der Waals surface area contributed by atoms with Gasteiger partial charge < -0.3 is 10.1 Å². The maximum absolute atomic E-state index is 11.9. The van der Waals surface area contributed by atoms with E-state index in [1.54, 1.807) is 6.92 Å². The molecule has 0 aliphatic heterocycles. The third kappa shape index (κ3) is 5.25. The molecule has 0 saturated heterocycles. The first-order chi connectivity index (χ1) is 8.83. The van der Waals surface area contributed by atoms with Gasteiger partial charge in [-0.25, -0.2) is 9.78 Å². The molecule has 1 aromatic heterocycles. The van der Waals surface area contributed by atoms with Crippen LogP contribution in [0.3, 0.4) is 0 Å². The first kappa shape index (κ1) is 15.4. The molecule has 0 aliphatic rings. The lowest BCUT2D eigenvalue weighted by molar-refractivity contribution is -0.133. The highest BCUT2D eigenvalue weighted by atomic mass is 32.1. The van der Waals surface area contributed by atoms with Crippen LogP contribution in [0.4, 0.5) is 13.2 Å². The Hall–Kier alpha value is -1.64. The maximum Gasteiger partial charge on any atom is 0.390 e. The topological polar surface area (TPSA) is 68.3 Å². The summed E-state index contributed by atoms with van der Waals surface area (Å²) in [5.74, 6) is -1.42. The summed E-state index contributed by atoms with van der Waals surface area (Å²) in [5, 5.41) is 3.35. The van der Waals surface area contributed by atoms with Crippen molar-refractivity contribution in [2.75, 3.05) is 13.2 Å². The van der Waals surface area contributed by atoms with Gasteiger partial charge in [-0.1, -0.05) is 0 Å². The average Bonchev–Trinajstić information content (AvgIpc) is 2.76. The third-order valence-electron chi connectivity index (χ3n) is 1.88. The van der Waals surface area contributed by atoms with E-state index in [0.717, 1.165) is 11.3 Å². The molecular formula is C10H11F3N2O3S. The summed E-state index contributed by atoms with van der Waals surface area (Å²) in [6.45, 7) is 1.26. The quantitative estimate of drug-likeness (QED) is 0.844. The summed E-state index contributed by atoms with van der Waals surface area (Å²) in [7, 11) is 0. The van der Waals surface area contributed by atoms with Gasteiger partial charge in [0.05, 0.1) is 13.0 Å². The number of nitrogens with one attached hydrogen (secondary N) is 1. The highest BCUT2D eigenvalue weighted by Gasteiger charge is 2.27. The van der Waals surface area contributed by atoms with E-state index in [1.807, 2.05) is 0 Å². The second-order valence-electron chi connectivity index (χ2n) is 3.38. The molecule has 1 heterocycles. The van der Waals surface area contributed by atoms with Gasteiger partial charge in [-0.3, -0.25) is 4.79 Å². The summed E-state index contributed by atoms with van der Waals surface area (Å²) in [6.07, 6.45) is -5.45. The first-order valence-corrected chi connectivity index (χ1v) is 6.19. The van der Waals surface area contributed by atoms with Gasteiger partial charge in [0.15, 0.2) is 0 Å². The molecule has 1 aromatic rings. The molecule has 0 saturated carbocycles. The van der Waals surface area contributed by atoms with Crippen LogP contribution in [0.1, 0.15) is 33.6 Å². The largest absolute Gasteiger partial charge is 0.461 e. The minimum atomic E-state index is -4.33. The fraction of sp³-hybridized carbons (Fsp3) is 0.500. The molecule has 0 fully saturated rings. The predicted molar refractivity (Wildman–Crippen MR) is 61.1 cm³/mol. The number of ether oxygens (including phenoxy) is 1. The van der Waals surface area contributed by atoms with Crippen LogP contribution in [-0.2, 0) is 4.74 Å². The number of carbonyl (C=O) groups is 2. The van der Waals surface area contributed by atoms with Crippen molar-refractivity contribution in [2.24, 2.45) is 0 Å². The number of rotatable bonds is 5. The minimum absolute atomic E-state index is 0.0113. The van der Waals surface area contributed by atoms with E-state index in [-0.39, 0.29) is 17.3 Å². The Labute approximate surface area is 110 Å². The number of thiazole rings is 1. The third-order valence-corrected chi connectivity index (χ3v) is 2.70. The summed E-state index contributed by atoms with van der Waals surface area (Å²) >= 11 is 0.896. The molecule has 0 spiro atoms. The van der Waals surface area contributed by atoms with Crippen LogP contribution in [-0.4, -0.2) is 36.2 Å². The smallest absolute Gasteiger partial charge is 0.390 e. The minimum Gasteiger partial charge on any atom is -0.461 e. The fourth-order valence-electron chi connectivity index (χ4n) is 1.07. The Morgan fingerprint density at radius 1 is 1.47 bits per heavy atom. The van der Waals surface area contributed by atoms with Gasteiger partial charge in [0, 0.05) is 11.9 Å². The molecule has 1 rings (SSSR count). The second kappa shape index (κ2) is 6.50. The van der Waals surface area contributed by atoms with E-state index in [4.69, 9.17) is 0 Å². The van der Waals surface area contributed by atoms with Gasteiger partial charge in [-0.15, -0.1) is 11.3 Å². The van der Waals surface area contributed by atoms with Gasteiger partial charge in [-0.2, -0.15) is 13.2 Å². The number of hydrogen-bond donors (Lipinski definition) is 1. The lowest BCUT2D eigenvalue weighted by atomic mass is 10.4. The zero-order valence-corrected chi connectivity index (χ0v) is 10.7. The Balaban J connectivity index is 2.52. The molecule has 0 aliphatic carbocycles. The van der Waals surface area contributed by atoms with Crippen molar-refractivity contribution < 1.29 is 27.5 Å². The first-order valence-electron chi connectivity index (χ1n) is 5.31. The van der Waals surface area contributed by atoms with Crippen molar-refractivity contribution >= 4 is 23.2 Å².